The third-order valence-electron chi connectivity index (χ3n) is 5.83. The highest BCUT2D eigenvalue weighted by molar-refractivity contribution is 7.92. The van der Waals surface area contributed by atoms with Crippen molar-refractivity contribution in [2.45, 2.75) is 52.6 Å². The molecular weight excluding hydrogens is 474 g/mol. The van der Waals surface area contributed by atoms with Gasteiger partial charge in [-0.05, 0) is 55.5 Å². The Hall–Kier alpha value is -2.58. The number of nitrogens with one attached hydrogen (secondary N) is 1. The minimum atomic E-state index is -3.58. The van der Waals surface area contributed by atoms with Crippen LogP contribution in [-0.2, 0) is 26.2 Å². The first-order valence-electron chi connectivity index (χ1n) is 11.3. The summed E-state index contributed by atoms with van der Waals surface area (Å²) in [6.07, 6.45) is 2.00. The van der Waals surface area contributed by atoms with E-state index in [0.717, 1.165) is 22.9 Å². The fraction of sp³-hybridized carbons (Fsp3) is 0.440. The van der Waals surface area contributed by atoms with E-state index in [9.17, 15) is 18.0 Å². The van der Waals surface area contributed by atoms with Crippen LogP contribution >= 0.6 is 11.6 Å². The Morgan fingerprint density at radius 2 is 1.76 bits per heavy atom. The third kappa shape index (κ3) is 7.21. The predicted molar refractivity (Wildman–Crippen MR) is 137 cm³/mol. The van der Waals surface area contributed by atoms with Crippen molar-refractivity contribution in [3.8, 4) is 0 Å². The highest BCUT2D eigenvalue weighted by Crippen LogP contribution is 2.27. The Bertz CT molecular complexity index is 1120. The lowest BCUT2D eigenvalue weighted by atomic mass is 10.1. The number of aryl methyl sites for hydroxylation is 2. The first-order chi connectivity index (χ1) is 16.0. The van der Waals surface area contributed by atoms with E-state index in [1.54, 1.807) is 30.1 Å². The molecule has 0 saturated carbocycles. The second-order valence-electron chi connectivity index (χ2n) is 8.36. The number of anilines is 1. The van der Waals surface area contributed by atoms with E-state index in [4.69, 9.17) is 11.6 Å². The molecular formula is C25H34ClN3O4S. The maximum atomic E-state index is 13.3. The molecule has 0 radical (unpaired) electrons. The number of amides is 2. The summed E-state index contributed by atoms with van der Waals surface area (Å²) in [7, 11) is -2.03. The molecule has 186 valence electrons. The van der Waals surface area contributed by atoms with Crippen molar-refractivity contribution in [1.29, 1.82) is 0 Å². The van der Waals surface area contributed by atoms with Crippen LogP contribution < -0.4 is 9.62 Å². The summed E-state index contributed by atoms with van der Waals surface area (Å²) < 4.78 is 26.3. The van der Waals surface area contributed by atoms with Crippen molar-refractivity contribution in [3.05, 3.63) is 64.2 Å². The van der Waals surface area contributed by atoms with Crippen molar-refractivity contribution in [1.82, 2.24) is 10.2 Å². The zero-order chi connectivity index (χ0) is 25.5. The highest BCUT2D eigenvalue weighted by atomic mass is 35.5. The number of sulfonamides is 1. The van der Waals surface area contributed by atoms with Crippen LogP contribution in [0.2, 0.25) is 5.02 Å². The normalized spacial score (nSPS) is 12.2. The van der Waals surface area contributed by atoms with E-state index < -0.39 is 16.1 Å². The molecule has 0 spiro atoms. The number of likely N-dealkylation sites (N-methyl/N-ethyl adjacent to an activating group) is 1. The van der Waals surface area contributed by atoms with Crippen LogP contribution in [0.25, 0.3) is 0 Å². The smallest absolute Gasteiger partial charge is 0.242 e. The second kappa shape index (κ2) is 12.2. The summed E-state index contributed by atoms with van der Waals surface area (Å²) in [5, 5.41) is 3.08. The molecule has 34 heavy (non-hydrogen) atoms. The van der Waals surface area contributed by atoms with Crippen LogP contribution in [0.5, 0.6) is 0 Å². The number of hydrogen-bond acceptors (Lipinski definition) is 4. The fourth-order valence-corrected chi connectivity index (χ4v) is 5.07. The summed E-state index contributed by atoms with van der Waals surface area (Å²) in [4.78, 5) is 27.4. The molecule has 0 fully saturated rings. The Morgan fingerprint density at radius 3 is 2.35 bits per heavy atom. The molecule has 0 aliphatic carbocycles. The first kappa shape index (κ1) is 27.7. The van der Waals surface area contributed by atoms with E-state index in [1.165, 1.54) is 4.31 Å². The van der Waals surface area contributed by atoms with Gasteiger partial charge in [0.2, 0.25) is 21.8 Å². The number of nitrogens with zero attached hydrogens (tertiary/aromatic N) is 2. The van der Waals surface area contributed by atoms with Gasteiger partial charge in [0.25, 0.3) is 0 Å². The third-order valence-corrected chi connectivity index (χ3v) is 7.24. The number of hydrogen-bond donors (Lipinski definition) is 1. The number of carbonyl (C=O) groups is 2. The van der Waals surface area contributed by atoms with E-state index in [0.29, 0.717) is 30.1 Å². The Labute approximate surface area is 208 Å². The molecule has 2 amide bonds. The molecule has 0 aliphatic rings. The number of benzene rings is 2. The Morgan fingerprint density at radius 1 is 1.09 bits per heavy atom. The minimum absolute atomic E-state index is 0.102. The van der Waals surface area contributed by atoms with Crippen LogP contribution in [0, 0.1) is 13.8 Å². The van der Waals surface area contributed by atoms with Gasteiger partial charge in [-0.2, -0.15) is 0 Å². The molecule has 2 rings (SSSR count). The summed E-state index contributed by atoms with van der Waals surface area (Å²) >= 11 is 6.10. The number of carbonyl (C=O) groups excluding carboxylic acids is 2. The van der Waals surface area contributed by atoms with Gasteiger partial charge in [-0.3, -0.25) is 13.9 Å². The predicted octanol–water partition coefficient (Wildman–Crippen LogP) is 4.06. The van der Waals surface area contributed by atoms with Crippen LogP contribution in [0.3, 0.4) is 0 Å². The molecule has 0 heterocycles. The van der Waals surface area contributed by atoms with Gasteiger partial charge in [0, 0.05) is 31.6 Å². The van der Waals surface area contributed by atoms with Gasteiger partial charge in [-0.1, -0.05) is 48.9 Å². The SMILES string of the molecule is CC[C@@H](C(=O)NC)N(Cc1ccccc1C)C(=O)CCCN(c1cc(Cl)ccc1C)S(C)(=O)=O. The zero-order valence-corrected chi connectivity index (χ0v) is 22.0. The van der Waals surface area contributed by atoms with Gasteiger partial charge in [0.15, 0.2) is 0 Å². The quantitative estimate of drug-likeness (QED) is 0.497. The minimum Gasteiger partial charge on any atom is -0.357 e. The molecule has 0 unspecified atom stereocenters. The summed E-state index contributed by atoms with van der Waals surface area (Å²) in [6.45, 7) is 6.08. The fourth-order valence-electron chi connectivity index (χ4n) is 3.89. The Kier molecular flexibility index (Phi) is 9.94. The summed E-state index contributed by atoms with van der Waals surface area (Å²) in [5.74, 6) is -0.424. The van der Waals surface area contributed by atoms with E-state index in [1.807, 2.05) is 45.0 Å². The largest absolute Gasteiger partial charge is 0.357 e. The van der Waals surface area contributed by atoms with Crippen molar-refractivity contribution in [3.63, 3.8) is 0 Å². The van der Waals surface area contributed by atoms with E-state index in [2.05, 4.69) is 5.32 Å². The maximum Gasteiger partial charge on any atom is 0.242 e. The van der Waals surface area contributed by atoms with Crippen LogP contribution in [0.4, 0.5) is 5.69 Å². The average Bonchev–Trinajstić information content (AvgIpc) is 2.78. The van der Waals surface area contributed by atoms with Gasteiger partial charge in [0.1, 0.15) is 6.04 Å². The summed E-state index contributed by atoms with van der Waals surface area (Å²) in [6, 6.07) is 12.2. The van der Waals surface area contributed by atoms with Gasteiger partial charge in [-0.25, -0.2) is 8.42 Å². The average molecular weight is 508 g/mol. The van der Waals surface area contributed by atoms with Gasteiger partial charge in [0.05, 0.1) is 11.9 Å². The van der Waals surface area contributed by atoms with Gasteiger partial charge < -0.3 is 10.2 Å². The molecule has 0 bridgehead atoms. The van der Waals surface area contributed by atoms with Crippen molar-refractivity contribution < 1.29 is 18.0 Å². The van der Waals surface area contributed by atoms with Crippen LogP contribution in [0.1, 0.15) is 42.9 Å². The lowest BCUT2D eigenvalue weighted by molar-refractivity contribution is -0.141. The highest BCUT2D eigenvalue weighted by Gasteiger charge is 2.28. The monoisotopic (exact) mass is 507 g/mol. The molecule has 0 aromatic heterocycles. The maximum absolute atomic E-state index is 13.3. The second-order valence-corrected chi connectivity index (χ2v) is 10.7. The molecule has 7 nitrogen and oxygen atoms in total. The van der Waals surface area contributed by atoms with Crippen LogP contribution in [0.15, 0.2) is 42.5 Å². The molecule has 0 saturated heterocycles. The molecule has 0 aliphatic heterocycles. The number of rotatable bonds is 11. The molecule has 2 aromatic rings. The Balaban J connectivity index is 2.24. The molecule has 2 aromatic carbocycles. The van der Waals surface area contributed by atoms with Crippen LogP contribution in [-0.4, -0.2) is 51.0 Å². The lowest BCUT2D eigenvalue weighted by Gasteiger charge is -2.31. The van der Waals surface area contributed by atoms with Crippen molar-refractivity contribution in [2.75, 3.05) is 24.2 Å². The topological polar surface area (TPSA) is 86.8 Å². The van der Waals surface area contributed by atoms with Crippen molar-refractivity contribution in [2.24, 2.45) is 0 Å². The summed E-state index contributed by atoms with van der Waals surface area (Å²) in [5.41, 5.74) is 3.27. The molecule has 9 heteroatoms. The molecule has 1 N–H and O–H groups in total. The van der Waals surface area contributed by atoms with E-state index >= 15 is 0 Å². The standard InChI is InChI=1S/C25H34ClN3O4S/c1-6-22(25(31)27-4)28(17-20-11-8-7-10-18(20)2)24(30)12-9-15-29(34(5,32)33)23-16-21(26)14-13-19(23)3/h7-8,10-11,13-14,16,22H,6,9,12,15,17H2,1-5H3,(H,27,31)/t22-/m0/s1. The first-order valence-corrected chi connectivity index (χ1v) is 13.5. The van der Waals surface area contributed by atoms with Gasteiger partial charge >= 0.3 is 0 Å². The zero-order valence-electron chi connectivity index (χ0n) is 20.5. The number of halogens is 1. The lowest BCUT2D eigenvalue weighted by Crippen LogP contribution is -2.48. The van der Waals surface area contributed by atoms with E-state index in [-0.39, 0.29) is 24.8 Å². The van der Waals surface area contributed by atoms with Crippen molar-refractivity contribution >= 4 is 39.1 Å². The molecule has 1 atom stereocenters. The van der Waals surface area contributed by atoms with Gasteiger partial charge in [-0.15, -0.1) is 0 Å².